The van der Waals surface area contributed by atoms with E-state index in [1.54, 1.807) is 0 Å². The van der Waals surface area contributed by atoms with Crippen LogP contribution in [0.1, 0.15) is 74.9 Å². The Balaban J connectivity index is 0.000000103. The van der Waals surface area contributed by atoms with E-state index in [9.17, 15) is 0 Å². The van der Waals surface area contributed by atoms with Gasteiger partial charge in [-0.2, -0.15) is 0 Å². The Morgan fingerprint density at radius 3 is 0.889 bits per heavy atom. The summed E-state index contributed by atoms with van der Waals surface area (Å²) in [5.74, 6) is 2.05. The maximum Gasteiger partial charge on any atom is 0.180 e. The largest absolute Gasteiger partial charge is 0.456 e. The highest BCUT2D eigenvalue weighted by molar-refractivity contribution is 6.16. The van der Waals surface area contributed by atoms with Gasteiger partial charge in [0.25, 0.3) is 0 Å². The van der Waals surface area contributed by atoms with Gasteiger partial charge in [-0.15, -0.1) is 0 Å². The molecule has 0 atom stereocenters. The molecule has 0 amide bonds. The summed E-state index contributed by atoms with van der Waals surface area (Å²) in [6.07, 6.45) is 0. The zero-order valence-corrected chi connectivity index (χ0v) is 74.4. The van der Waals surface area contributed by atoms with Gasteiger partial charge in [0, 0.05) is 98.1 Å². The lowest BCUT2D eigenvalue weighted by Crippen LogP contribution is -2.15. The minimum Gasteiger partial charge on any atom is -0.456 e. The number of fused-ring (bicyclic) bond motifs is 30. The maximum absolute atomic E-state index is 6.42. The van der Waals surface area contributed by atoms with E-state index in [1.165, 1.54) is 99.3 Å². The number of benzene rings is 17. The molecule has 0 fully saturated rings. The number of nitrogens with zero attached hydrogens (tertiary/aromatic N) is 6. The van der Waals surface area contributed by atoms with Gasteiger partial charge < -0.3 is 26.5 Å². The Morgan fingerprint density at radius 2 is 0.459 bits per heavy atom. The molecule has 0 aliphatic heterocycles. The Labute approximate surface area is 774 Å². The second-order valence-electron chi connectivity index (χ2n) is 37.3. The van der Waals surface area contributed by atoms with Crippen LogP contribution in [0.2, 0.25) is 0 Å². The average Bonchev–Trinajstić information content (AvgIpc) is 1.55. The van der Waals surface area contributed by atoms with Crippen LogP contribution in [0.25, 0.3) is 256 Å². The van der Waals surface area contributed by atoms with E-state index in [0.717, 1.165) is 155 Å². The highest BCUT2D eigenvalue weighted by atomic mass is 16.4. The minimum absolute atomic E-state index is 0.150. The first-order valence-electron chi connectivity index (χ1n) is 45.9. The lowest BCUT2D eigenvalue weighted by Gasteiger charge is -2.23. The fraction of sp³-hybridized carbons (Fsp3) is 0.0732. The van der Waals surface area contributed by atoms with Gasteiger partial charge in [-0.1, -0.05) is 321 Å². The number of furan rings is 6. The molecule has 0 saturated heterocycles. The number of para-hydroxylation sites is 6. The first-order valence-corrected chi connectivity index (χ1v) is 45.9. The molecule has 12 heteroatoms. The summed E-state index contributed by atoms with van der Waals surface area (Å²) in [5, 5.41) is 10.1. The van der Waals surface area contributed by atoms with E-state index in [4.69, 9.17) is 56.4 Å². The van der Waals surface area contributed by atoms with Crippen LogP contribution < -0.4 is 0 Å². The monoisotopic (exact) mass is 1740 g/mol. The van der Waals surface area contributed by atoms with Gasteiger partial charge in [0.2, 0.25) is 0 Å². The smallest absolute Gasteiger partial charge is 0.180 e. The van der Waals surface area contributed by atoms with Crippen molar-refractivity contribution in [2.75, 3.05) is 0 Å². The molecule has 26 aromatic rings. The van der Waals surface area contributed by atoms with Gasteiger partial charge in [-0.05, 0) is 186 Å². The molecule has 0 unspecified atom stereocenters. The van der Waals surface area contributed by atoms with Crippen LogP contribution in [0.3, 0.4) is 0 Å². The van der Waals surface area contributed by atoms with Crippen molar-refractivity contribution in [3.8, 4) is 124 Å². The molecular weight excluding hydrogens is 1660 g/mol. The molecule has 0 N–H and O–H groups in total. The maximum atomic E-state index is 6.42. The second kappa shape index (κ2) is 29.4. The van der Waals surface area contributed by atoms with Crippen molar-refractivity contribution >= 4 is 132 Å². The number of hydrogen-bond donors (Lipinski definition) is 0. The zero-order chi connectivity index (χ0) is 89.8. The third-order valence-electron chi connectivity index (χ3n) is 28.4. The van der Waals surface area contributed by atoms with Crippen molar-refractivity contribution in [2.45, 2.75) is 57.8 Å². The van der Waals surface area contributed by atoms with Gasteiger partial charge in [-0.3, -0.25) is 0 Å². The summed E-state index contributed by atoms with van der Waals surface area (Å²) < 4.78 is 38.0. The summed E-state index contributed by atoms with van der Waals surface area (Å²) >= 11 is 0. The van der Waals surface area contributed by atoms with Crippen LogP contribution in [0.5, 0.6) is 0 Å². The van der Waals surface area contributed by atoms with Crippen molar-refractivity contribution < 1.29 is 26.5 Å². The Kier molecular flexibility index (Phi) is 16.9. The van der Waals surface area contributed by atoms with Crippen molar-refractivity contribution in [3.05, 3.63) is 409 Å². The first kappa shape index (κ1) is 77.7. The number of rotatable bonds is 8. The quantitative estimate of drug-likeness (QED) is 0.142. The predicted octanol–water partition coefficient (Wildman–Crippen LogP) is 33.1. The van der Waals surface area contributed by atoms with Crippen molar-refractivity contribution in [2.24, 2.45) is 0 Å². The van der Waals surface area contributed by atoms with E-state index in [2.05, 4.69) is 272 Å². The molecule has 29 rings (SSSR count). The summed E-state index contributed by atoms with van der Waals surface area (Å²) in [4.78, 5) is 30.3. The zero-order valence-electron chi connectivity index (χ0n) is 74.4. The first-order chi connectivity index (χ1) is 66.2. The van der Waals surface area contributed by atoms with E-state index in [-0.39, 0.29) is 16.2 Å². The minimum atomic E-state index is -0.241. The molecule has 638 valence electrons. The normalized spacial score (nSPS) is 13.6. The summed E-state index contributed by atoms with van der Waals surface area (Å²) in [6.45, 7) is 14.0. The van der Waals surface area contributed by atoms with Crippen LogP contribution in [0.4, 0.5) is 0 Å². The fourth-order valence-corrected chi connectivity index (χ4v) is 22.1. The molecule has 17 aromatic carbocycles. The molecule has 12 nitrogen and oxygen atoms in total. The SMILES string of the molecule is CC1(C)c2cc(-c3cccc(-c4nc(-c5ccccc5)nc5c4oc4ccccc45)c3)ccc2-c2ccc3oc4ccccc4c3c21.CC1(C)c2cc(-c3nc(-c4ccccc4)nc4c3oc3ccccc34)ccc2-c2ccc3oc4ccccc4c3c21.CC1(C)c2ccc(-c3ccc(-c4nc(-c5ccccc5)c5oc6ccccc6c5n4)cc3)cc2-c2ccc3oc4ccccc4c3c21. The van der Waals surface area contributed by atoms with Gasteiger partial charge in [0.15, 0.2) is 34.2 Å². The molecule has 3 aliphatic carbocycles. The van der Waals surface area contributed by atoms with Gasteiger partial charge in [0.1, 0.15) is 83.9 Å². The molecule has 3 aliphatic rings. The van der Waals surface area contributed by atoms with E-state index in [1.807, 2.05) is 146 Å². The van der Waals surface area contributed by atoms with Crippen LogP contribution >= 0.6 is 0 Å². The van der Waals surface area contributed by atoms with E-state index < -0.39 is 0 Å². The molecule has 0 saturated carbocycles. The molecule has 0 spiro atoms. The molecule has 135 heavy (non-hydrogen) atoms. The Bertz CT molecular complexity index is 9480. The predicted molar refractivity (Wildman–Crippen MR) is 546 cm³/mol. The third-order valence-corrected chi connectivity index (χ3v) is 28.4. The van der Waals surface area contributed by atoms with Gasteiger partial charge in [-0.25, -0.2) is 29.9 Å². The lowest BCUT2D eigenvalue weighted by molar-refractivity contribution is 0.656. The molecule has 0 radical (unpaired) electrons. The molecule has 9 heterocycles. The fourth-order valence-electron chi connectivity index (χ4n) is 22.1. The summed E-state index contributed by atoms with van der Waals surface area (Å²) in [6, 6.07) is 130. The van der Waals surface area contributed by atoms with Crippen molar-refractivity contribution in [3.63, 3.8) is 0 Å². The number of hydrogen-bond acceptors (Lipinski definition) is 12. The van der Waals surface area contributed by atoms with Crippen LogP contribution in [-0.2, 0) is 16.2 Å². The lowest BCUT2D eigenvalue weighted by atomic mass is 9.80. The topological polar surface area (TPSA) is 156 Å². The van der Waals surface area contributed by atoms with Crippen LogP contribution in [0, 0.1) is 0 Å². The van der Waals surface area contributed by atoms with E-state index >= 15 is 0 Å². The molecule has 9 aromatic heterocycles. The van der Waals surface area contributed by atoms with Crippen LogP contribution in [-0.4, -0.2) is 29.9 Å². The second-order valence-corrected chi connectivity index (χ2v) is 37.3. The third kappa shape index (κ3) is 12.0. The molecule has 0 bridgehead atoms. The van der Waals surface area contributed by atoms with Crippen molar-refractivity contribution in [1.29, 1.82) is 0 Å². The van der Waals surface area contributed by atoms with Gasteiger partial charge in [0.05, 0.1) is 0 Å². The van der Waals surface area contributed by atoms with Crippen LogP contribution in [0.15, 0.2) is 403 Å². The van der Waals surface area contributed by atoms with Gasteiger partial charge >= 0.3 is 0 Å². The highest BCUT2D eigenvalue weighted by Gasteiger charge is 2.42. The van der Waals surface area contributed by atoms with Crippen molar-refractivity contribution in [1.82, 2.24) is 29.9 Å². The highest BCUT2D eigenvalue weighted by Crippen LogP contribution is 2.59. The standard InChI is InChI=1S/2C43H28N2O2.C37H24N2O2/c1-43(2)33-24-27(19-20-29(33)30-21-22-36-37(38(30)43)31-15-6-8-17-34(31)46-36)26-13-10-14-28(23-26)39-41-40(32-16-7-9-18-35(32)47-41)45-42(44-39)25-11-4-3-5-12-25;1-43(2)33-22-20-28(24-32(33)29-21-23-36-37(38(29)43)30-12-6-8-14-34(30)46-36)25-16-18-27(19-17-25)42-44-39(26-10-4-3-5-11-26)41-40(45-42)31-13-7-9-15-35(31)47-41;1-37(2)27-20-22(16-17-23(27)24-18-19-30-31(32(24)37)25-12-6-8-14-28(25)40-30)33-35-34(26-13-7-9-15-29(26)41-35)39-36(38-33)21-10-4-3-5-11-21/h2*3-24H,1-2H3;3-20H,1-2H3. The average molecular weight is 1740 g/mol. The molecular formula is C123H80N6O6. The Morgan fingerprint density at radius 1 is 0.178 bits per heavy atom. The number of aromatic nitrogens is 6. The summed E-state index contributed by atoms with van der Waals surface area (Å²) in [5.41, 5.74) is 40.5. The van der Waals surface area contributed by atoms with E-state index in [0.29, 0.717) is 34.2 Å². The summed E-state index contributed by atoms with van der Waals surface area (Å²) in [7, 11) is 0. The Hall–Kier alpha value is -17.2.